The molecule has 0 radical (unpaired) electrons. The van der Waals surface area contributed by atoms with Gasteiger partial charge in [0.25, 0.3) is 10.2 Å². The summed E-state index contributed by atoms with van der Waals surface area (Å²) in [6, 6.07) is 9.41. The van der Waals surface area contributed by atoms with Crippen molar-refractivity contribution in [2.45, 2.75) is 26.8 Å². The van der Waals surface area contributed by atoms with Crippen LogP contribution in [-0.2, 0) is 23.2 Å². The van der Waals surface area contributed by atoms with Crippen LogP contribution < -0.4 is 9.44 Å². The number of hydrogen-bond acceptors (Lipinski definition) is 4. The second kappa shape index (κ2) is 7.13. The number of rotatable bonds is 7. The molecule has 21 heavy (non-hydrogen) atoms. The molecule has 0 amide bonds. The van der Waals surface area contributed by atoms with E-state index >= 15 is 0 Å². The summed E-state index contributed by atoms with van der Waals surface area (Å²) in [5, 5.41) is 0.954. The molecule has 0 aliphatic rings. The Morgan fingerprint density at radius 1 is 1.14 bits per heavy atom. The standard InChI is InChI=1S/C14H19N3O2S2/c1-11-12(2)20-14(17-11)8-9-15-21(18,19)16-10-13-6-4-3-5-7-13/h3-7,15-16H,8-10H2,1-2H3. The summed E-state index contributed by atoms with van der Waals surface area (Å²) < 4.78 is 28.7. The second-order valence-corrected chi connectivity index (χ2v) is 7.58. The van der Waals surface area contributed by atoms with Crippen LogP contribution in [-0.4, -0.2) is 19.9 Å². The van der Waals surface area contributed by atoms with Gasteiger partial charge in [0.1, 0.15) is 0 Å². The summed E-state index contributed by atoms with van der Waals surface area (Å²) in [5.41, 5.74) is 1.94. The van der Waals surface area contributed by atoms with Crippen LogP contribution in [0.1, 0.15) is 21.1 Å². The minimum atomic E-state index is -3.48. The zero-order valence-corrected chi connectivity index (χ0v) is 13.7. The number of nitrogens with one attached hydrogen (secondary N) is 2. The molecule has 7 heteroatoms. The molecule has 0 spiro atoms. The molecule has 0 atom stereocenters. The number of aromatic nitrogens is 1. The molecule has 0 bridgehead atoms. The van der Waals surface area contributed by atoms with Crippen molar-refractivity contribution >= 4 is 21.5 Å². The smallest absolute Gasteiger partial charge is 0.246 e. The van der Waals surface area contributed by atoms with Crippen molar-refractivity contribution < 1.29 is 8.42 Å². The van der Waals surface area contributed by atoms with Crippen molar-refractivity contribution in [3.63, 3.8) is 0 Å². The highest BCUT2D eigenvalue weighted by molar-refractivity contribution is 7.87. The Labute approximate surface area is 129 Å². The molecule has 114 valence electrons. The molecule has 0 fully saturated rings. The van der Waals surface area contributed by atoms with E-state index in [0.717, 1.165) is 16.3 Å². The largest absolute Gasteiger partial charge is 0.277 e. The first-order valence-electron chi connectivity index (χ1n) is 6.67. The minimum absolute atomic E-state index is 0.283. The highest BCUT2D eigenvalue weighted by Gasteiger charge is 2.10. The van der Waals surface area contributed by atoms with Crippen LogP contribution in [0.25, 0.3) is 0 Å². The maximum Gasteiger partial charge on any atom is 0.277 e. The molecule has 0 saturated heterocycles. The third kappa shape index (κ3) is 5.20. The van der Waals surface area contributed by atoms with Gasteiger partial charge >= 0.3 is 0 Å². The predicted molar refractivity (Wildman–Crippen MR) is 85.5 cm³/mol. The number of aryl methyl sites for hydroxylation is 2. The first-order valence-corrected chi connectivity index (χ1v) is 8.97. The molecule has 2 N–H and O–H groups in total. The fourth-order valence-corrected chi connectivity index (χ4v) is 3.53. The van der Waals surface area contributed by atoms with Gasteiger partial charge in [0.05, 0.1) is 10.7 Å². The molecule has 2 rings (SSSR count). The number of nitrogens with zero attached hydrogens (tertiary/aromatic N) is 1. The lowest BCUT2D eigenvalue weighted by Gasteiger charge is -2.07. The molecule has 2 aromatic rings. The minimum Gasteiger partial charge on any atom is -0.246 e. The zero-order valence-electron chi connectivity index (χ0n) is 12.1. The van der Waals surface area contributed by atoms with E-state index in [1.165, 1.54) is 4.88 Å². The van der Waals surface area contributed by atoms with Crippen molar-refractivity contribution in [3.05, 3.63) is 51.5 Å². The molecule has 0 unspecified atom stereocenters. The normalized spacial score (nSPS) is 11.7. The first-order chi connectivity index (χ1) is 9.96. The lowest BCUT2D eigenvalue weighted by atomic mass is 10.2. The van der Waals surface area contributed by atoms with Crippen LogP contribution in [0.15, 0.2) is 30.3 Å². The Morgan fingerprint density at radius 3 is 2.48 bits per heavy atom. The van der Waals surface area contributed by atoms with E-state index < -0.39 is 10.2 Å². The van der Waals surface area contributed by atoms with E-state index in [0.29, 0.717) is 13.0 Å². The van der Waals surface area contributed by atoms with Gasteiger partial charge in [-0.25, -0.2) is 9.71 Å². The molecule has 0 saturated carbocycles. The van der Waals surface area contributed by atoms with Gasteiger partial charge < -0.3 is 0 Å². The van der Waals surface area contributed by atoms with E-state index in [1.54, 1.807) is 11.3 Å². The van der Waals surface area contributed by atoms with Crippen LogP contribution in [0.4, 0.5) is 0 Å². The van der Waals surface area contributed by atoms with E-state index in [-0.39, 0.29) is 6.54 Å². The number of hydrogen-bond donors (Lipinski definition) is 2. The average Bonchev–Trinajstić information content (AvgIpc) is 2.76. The zero-order chi connectivity index (χ0) is 15.3. The van der Waals surface area contributed by atoms with E-state index in [2.05, 4.69) is 14.4 Å². The van der Waals surface area contributed by atoms with E-state index in [9.17, 15) is 8.42 Å². The van der Waals surface area contributed by atoms with Crippen molar-refractivity contribution in [2.75, 3.05) is 6.54 Å². The van der Waals surface area contributed by atoms with Gasteiger partial charge in [-0.05, 0) is 19.4 Å². The average molecular weight is 325 g/mol. The summed E-state index contributed by atoms with van der Waals surface area (Å²) in [5.74, 6) is 0. The third-order valence-corrected chi connectivity index (χ3v) is 5.25. The molecule has 0 aliphatic carbocycles. The molecule has 0 aliphatic heterocycles. The number of thiazole rings is 1. The SMILES string of the molecule is Cc1nc(CCNS(=O)(=O)NCc2ccccc2)sc1C. The van der Waals surface area contributed by atoms with E-state index in [1.807, 2.05) is 44.2 Å². The van der Waals surface area contributed by atoms with Gasteiger partial charge in [-0.1, -0.05) is 30.3 Å². The van der Waals surface area contributed by atoms with Crippen molar-refractivity contribution in [3.8, 4) is 0 Å². The van der Waals surface area contributed by atoms with Crippen LogP contribution in [0.2, 0.25) is 0 Å². The van der Waals surface area contributed by atoms with Gasteiger partial charge in [-0.2, -0.15) is 13.1 Å². The molecule has 1 aromatic carbocycles. The topological polar surface area (TPSA) is 71.1 Å². The van der Waals surface area contributed by atoms with Crippen molar-refractivity contribution in [1.29, 1.82) is 0 Å². The summed E-state index contributed by atoms with van der Waals surface area (Å²) in [4.78, 5) is 5.56. The maximum atomic E-state index is 11.8. The Morgan fingerprint density at radius 2 is 1.86 bits per heavy atom. The van der Waals surface area contributed by atoms with Gasteiger partial charge in [-0.15, -0.1) is 11.3 Å². The Hall–Kier alpha value is -1.28. The monoisotopic (exact) mass is 325 g/mol. The third-order valence-electron chi connectivity index (χ3n) is 3.01. The van der Waals surface area contributed by atoms with Crippen LogP contribution in [0.5, 0.6) is 0 Å². The number of benzene rings is 1. The molecule has 1 aromatic heterocycles. The summed E-state index contributed by atoms with van der Waals surface area (Å²) in [6.07, 6.45) is 0.603. The molecule has 5 nitrogen and oxygen atoms in total. The van der Waals surface area contributed by atoms with Crippen LogP contribution in [0, 0.1) is 13.8 Å². The Bertz CT molecular complexity index is 662. The lowest BCUT2D eigenvalue weighted by Crippen LogP contribution is -2.37. The Kier molecular flexibility index (Phi) is 5.46. The summed E-state index contributed by atoms with van der Waals surface area (Å²) in [6.45, 7) is 4.60. The Balaban J connectivity index is 1.78. The van der Waals surface area contributed by atoms with Crippen molar-refractivity contribution in [2.24, 2.45) is 0 Å². The van der Waals surface area contributed by atoms with Crippen LogP contribution >= 0.6 is 11.3 Å². The fourth-order valence-electron chi connectivity index (χ4n) is 1.76. The highest BCUT2D eigenvalue weighted by Crippen LogP contribution is 2.16. The van der Waals surface area contributed by atoms with Gasteiger partial charge in [0.2, 0.25) is 0 Å². The maximum absolute atomic E-state index is 11.8. The van der Waals surface area contributed by atoms with Crippen LogP contribution in [0.3, 0.4) is 0 Å². The molecular weight excluding hydrogens is 306 g/mol. The van der Waals surface area contributed by atoms with Crippen molar-refractivity contribution in [1.82, 2.24) is 14.4 Å². The lowest BCUT2D eigenvalue weighted by molar-refractivity contribution is 0.566. The van der Waals surface area contributed by atoms with E-state index in [4.69, 9.17) is 0 Å². The first kappa shape index (κ1) is 16.1. The molecular formula is C14H19N3O2S2. The fraction of sp³-hybridized carbons (Fsp3) is 0.357. The van der Waals surface area contributed by atoms with Gasteiger partial charge in [0, 0.05) is 24.4 Å². The summed E-state index contributed by atoms with van der Waals surface area (Å²) >= 11 is 1.61. The summed E-state index contributed by atoms with van der Waals surface area (Å²) in [7, 11) is -3.48. The predicted octanol–water partition coefficient (Wildman–Crippen LogP) is 1.93. The molecule has 1 heterocycles. The second-order valence-electron chi connectivity index (χ2n) is 4.70. The quantitative estimate of drug-likeness (QED) is 0.817. The van der Waals surface area contributed by atoms with Gasteiger partial charge in [-0.3, -0.25) is 0 Å². The highest BCUT2D eigenvalue weighted by atomic mass is 32.2. The van der Waals surface area contributed by atoms with Gasteiger partial charge in [0.15, 0.2) is 0 Å².